The van der Waals surface area contributed by atoms with Gasteiger partial charge < -0.3 is 10.1 Å². The Balaban J connectivity index is 1.94. The van der Waals surface area contributed by atoms with Gasteiger partial charge in [-0.3, -0.25) is 0 Å². The van der Waals surface area contributed by atoms with Crippen LogP contribution in [0.15, 0.2) is 6.07 Å². The van der Waals surface area contributed by atoms with Gasteiger partial charge in [-0.25, -0.2) is 4.68 Å². The first-order chi connectivity index (χ1) is 8.74. The van der Waals surface area contributed by atoms with Crippen molar-refractivity contribution in [3.8, 4) is 5.88 Å². The number of aromatic nitrogens is 2. The van der Waals surface area contributed by atoms with E-state index in [-0.39, 0.29) is 0 Å². The number of aryl methyl sites for hydroxylation is 2. The van der Waals surface area contributed by atoms with E-state index in [2.05, 4.69) is 17.3 Å². The summed E-state index contributed by atoms with van der Waals surface area (Å²) in [4.78, 5) is 0. The molecule has 18 heavy (non-hydrogen) atoms. The van der Waals surface area contributed by atoms with Crippen molar-refractivity contribution >= 4 is 0 Å². The summed E-state index contributed by atoms with van der Waals surface area (Å²) in [5.41, 5.74) is 1.01. The molecule has 1 aromatic rings. The Bertz CT molecular complexity index is 323. The number of hydrogen-bond donors (Lipinski definition) is 1. The van der Waals surface area contributed by atoms with E-state index < -0.39 is 0 Å². The fourth-order valence-corrected chi connectivity index (χ4v) is 1.91. The summed E-state index contributed by atoms with van der Waals surface area (Å²) in [5.74, 6) is 0.872. The topological polar surface area (TPSA) is 39.1 Å². The van der Waals surface area contributed by atoms with Crippen LogP contribution in [0.25, 0.3) is 0 Å². The van der Waals surface area contributed by atoms with Crippen molar-refractivity contribution in [1.29, 1.82) is 0 Å². The minimum absolute atomic E-state index is 0.793. The first kappa shape index (κ1) is 15.0. The third kappa shape index (κ3) is 6.05. The molecule has 0 radical (unpaired) electrons. The normalized spacial score (nSPS) is 10.8. The lowest BCUT2D eigenvalue weighted by Gasteiger charge is -2.06. The molecule has 0 unspecified atom stereocenters. The van der Waals surface area contributed by atoms with E-state index in [0.717, 1.165) is 37.7 Å². The SMILES string of the molecule is CCCNCCCCCCOc1cc(C)nn1C. The fourth-order valence-electron chi connectivity index (χ4n) is 1.91. The molecule has 104 valence electrons. The van der Waals surface area contributed by atoms with Crippen molar-refractivity contribution in [2.75, 3.05) is 19.7 Å². The van der Waals surface area contributed by atoms with Crippen LogP contribution in [-0.4, -0.2) is 29.5 Å². The summed E-state index contributed by atoms with van der Waals surface area (Å²) in [6.07, 6.45) is 6.13. The van der Waals surface area contributed by atoms with Crippen molar-refractivity contribution < 1.29 is 4.74 Å². The van der Waals surface area contributed by atoms with Gasteiger partial charge in [-0.2, -0.15) is 5.10 Å². The van der Waals surface area contributed by atoms with E-state index in [9.17, 15) is 0 Å². The molecule has 1 aromatic heterocycles. The van der Waals surface area contributed by atoms with E-state index in [0.29, 0.717) is 0 Å². The summed E-state index contributed by atoms with van der Waals surface area (Å²) in [7, 11) is 1.92. The van der Waals surface area contributed by atoms with Crippen molar-refractivity contribution in [3.05, 3.63) is 11.8 Å². The van der Waals surface area contributed by atoms with Gasteiger partial charge in [0.2, 0.25) is 5.88 Å². The largest absolute Gasteiger partial charge is 0.478 e. The maximum atomic E-state index is 5.69. The van der Waals surface area contributed by atoms with Crippen LogP contribution in [-0.2, 0) is 7.05 Å². The van der Waals surface area contributed by atoms with Gasteiger partial charge in [0.25, 0.3) is 0 Å². The third-order valence-corrected chi connectivity index (χ3v) is 2.88. The van der Waals surface area contributed by atoms with Crippen molar-refractivity contribution in [1.82, 2.24) is 15.1 Å². The first-order valence-electron chi connectivity index (χ1n) is 7.08. The summed E-state index contributed by atoms with van der Waals surface area (Å²) >= 11 is 0. The quantitative estimate of drug-likeness (QED) is 0.652. The van der Waals surface area contributed by atoms with Gasteiger partial charge in [-0.15, -0.1) is 0 Å². The fraction of sp³-hybridized carbons (Fsp3) is 0.786. The maximum Gasteiger partial charge on any atom is 0.211 e. The monoisotopic (exact) mass is 253 g/mol. The number of rotatable bonds is 10. The molecule has 0 amide bonds. The number of hydrogen-bond acceptors (Lipinski definition) is 3. The molecule has 0 aliphatic heterocycles. The summed E-state index contributed by atoms with van der Waals surface area (Å²) < 4.78 is 7.48. The first-order valence-corrected chi connectivity index (χ1v) is 7.08. The van der Waals surface area contributed by atoms with E-state index in [1.807, 2.05) is 20.0 Å². The highest BCUT2D eigenvalue weighted by Crippen LogP contribution is 2.11. The minimum Gasteiger partial charge on any atom is -0.478 e. The van der Waals surface area contributed by atoms with Crippen LogP contribution in [0.3, 0.4) is 0 Å². The van der Waals surface area contributed by atoms with Crippen molar-refractivity contribution in [2.24, 2.45) is 7.05 Å². The number of unbranched alkanes of at least 4 members (excludes halogenated alkanes) is 3. The Hall–Kier alpha value is -1.03. The summed E-state index contributed by atoms with van der Waals surface area (Å²) in [5, 5.41) is 7.67. The van der Waals surface area contributed by atoms with E-state index >= 15 is 0 Å². The predicted molar refractivity (Wildman–Crippen MR) is 75.1 cm³/mol. The Kier molecular flexibility index (Phi) is 7.49. The van der Waals surface area contributed by atoms with Crippen LogP contribution >= 0.6 is 0 Å². The average molecular weight is 253 g/mol. The Morgan fingerprint density at radius 2 is 2.00 bits per heavy atom. The average Bonchev–Trinajstić information content (AvgIpc) is 2.66. The lowest BCUT2D eigenvalue weighted by atomic mass is 10.2. The molecule has 0 aromatic carbocycles. The van der Waals surface area contributed by atoms with Gasteiger partial charge in [-0.05, 0) is 39.3 Å². The Morgan fingerprint density at radius 1 is 1.22 bits per heavy atom. The van der Waals surface area contributed by atoms with E-state index in [1.165, 1.54) is 25.7 Å². The second-order valence-electron chi connectivity index (χ2n) is 4.76. The Morgan fingerprint density at radius 3 is 2.67 bits per heavy atom. The van der Waals surface area contributed by atoms with Crippen LogP contribution < -0.4 is 10.1 Å². The van der Waals surface area contributed by atoms with E-state index in [1.54, 1.807) is 4.68 Å². The summed E-state index contributed by atoms with van der Waals surface area (Å²) in [6, 6.07) is 1.98. The number of ether oxygens (including phenoxy) is 1. The van der Waals surface area contributed by atoms with E-state index in [4.69, 9.17) is 4.74 Å². The highest BCUT2D eigenvalue weighted by Gasteiger charge is 2.01. The van der Waals surface area contributed by atoms with Crippen LogP contribution in [0.2, 0.25) is 0 Å². The van der Waals surface area contributed by atoms with Gasteiger partial charge >= 0.3 is 0 Å². The molecule has 4 heteroatoms. The lowest BCUT2D eigenvalue weighted by molar-refractivity contribution is 0.279. The van der Waals surface area contributed by atoms with Crippen LogP contribution in [0.5, 0.6) is 5.88 Å². The second kappa shape index (κ2) is 8.97. The lowest BCUT2D eigenvalue weighted by Crippen LogP contribution is -2.15. The number of nitrogens with one attached hydrogen (secondary N) is 1. The molecule has 0 saturated carbocycles. The molecular weight excluding hydrogens is 226 g/mol. The molecule has 1 rings (SSSR count). The maximum absolute atomic E-state index is 5.69. The van der Waals surface area contributed by atoms with Gasteiger partial charge in [0.1, 0.15) is 0 Å². The van der Waals surface area contributed by atoms with Gasteiger partial charge in [0.15, 0.2) is 0 Å². The Labute approximate surface area is 111 Å². The van der Waals surface area contributed by atoms with Gasteiger partial charge in [0, 0.05) is 13.1 Å². The molecule has 4 nitrogen and oxygen atoms in total. The smallest absolute Gasteiger partial charge is 0.211 e. The molecule has 1 heterocycles. The molecule has 0 aliphatic carbocycles. The molecule has 0 bridgehead atoms. The molecule has 1 N–H and O–H groups in total. The standard InChI is InChI=1S/C14H27N3O/c1-4-9-15-10-7-5-6-8-11-18-14-12-13(2)16-17(14)3/h12,15H,4-11H2,1-3H3. The molecule has 0 spiro atoms. The number of nitrogens with zero attached hydrogens (tertiary/aromatic N) is 2. The molecule has 0 atom stereocenters. The zero-order valence-electron chi connectivity index (χ0n) is 12.0. The zero-order valence-corrected chi connectivity index (χ0v) is 12.0. The minimum atomic E-state index is 0.793. The third-order valence-electron chi connectivity index (χ3n) is 2.88. The predicted octanol–water partition coefficient (Wildman–Crippen LogP) is 2.67. The van der Waals surface area contributed by atoms with Crippen LogP contribution in [0, 0.1) is 6.92 Å². The second-order valence-corrected chi connectivity index (χ2v) is 4.76. The molecule has 0 fully saturated rings. The van der Waals surface area contributed by atoms with Crippen molar-refractivity contribution in [2.45, 2.75) is 46.0 Å². The highest BCUT2D eigenvalue weighted by molar-refractivity contribution is 5.14. The zero-order chi connectivity index (χ0) is 13.2. The van der Waals surface area contributed by atoms with Crippen molar-refractivity contribution in [3.63, 3.8) is 0 Å². The molecule has 0 saturated heterocycles. The van der Waals surface area contributed by atoms with Gasteiger partial charge in [-0.1, -0.05) is 19.8 Å². The molecule has 0 aliphatic rings. The molecular formula is C14H27N3O. The van der Waals surface area contributed by atoms with Gasteiger partial charge in [0.05, 0.1) is 12.3 Å². The van der Waals surface area contributed by atoms with Crippen LogP contribution in [0.4, 0.5) is 0 Å². The van der Waals surface area contributed by atoms with Crippen LogP contribution in [0.1, 0.15) is 44.7 Å². The highest BCUT2D eigenvalue weighted by atomic mass is 16.5. The summed E-state index contributed by atoms with van der Waals surface area (Å²) in [6.45, 7) is 7.26.